The van der Waals surface area contributed by atoms with E-state index in [-0.39, 0.29) is 5.91 Å². The van der Waals surface area contributed by atoms with Gasteiger partial charge in [0.05, 0.1) is 5.41 Å². The third kappa shape index (κ3) is 6.04. The van der Waals surface area contributed by atoms with Crippen LogP contribution in [0.15, 0.2) is 30.3 Å². The number of esters is 1. The van der Waals surface area contributed by atoms with Crippen molar-refractivity contribution in [3.63, 3.8) is 0 Å². The van der Waals surface area contributed by atoms with Crippen molar-refractivity contribution >= 4 is 23.8 Å². The molecule has 1 heterocycles. The Hall–Kier alpha value is -2.90. The molecule has 29 heavy (non-hydrogen) atoms. The number of hydrogen-bond acceptors (Lipinski definition) is 5. The average molecular weight is 403 g/mol. The first-order valence-electron chi connectivity index (χ1n) is 9.64. The molecule has 0 aliphatic carbocycles. The molecule has 1 aromatic carbocycles. The van der Waals surface area contributed by atoms with E-state index in [9.17, 15) is 19.2 Å². The molecule has 0 unspecified atom stereocenters. The lowest BCUT2D eigenvalue weighted by Gasteiger charge is -2.40. The number of nitrogens with one attached hydrogen (secondary N) is 2. The van der Waals surface area contributed by atoms with Crippen molar-refractivity contribution in [3.05, 3.63) is 35.9 Å². The van der Waals surface area contributed by atoms with Gasteiger partial charge in [-0.2, -0.15) is 0 Å². The maximum absolute atomic E-state index is 13.0. The van der Waals surface area contributed by atoms with Gasteiger partial charge in [-0.05, 0) is 39.2 Å². The van der Waals surface area contributed by atoms with E-state index >= 15 is 0 Å². The summed E-state index contributed by atoms with van der Waals surface area (Å²) in [6.07, 6.45) is 0.809. The van der Waals surface area contributed by atoms with Crippen LogP contribution in [0.25, 0.3) is 0 Å². The van der Waals surface area contributed by atoms with Crippen molar-refractivity contribution in [3.8, 4) is 0 Å². The predicted octanol–water partition coefficient (Wildman–Crippen LogP) is 1.73. The molecule has 8 nitrogen and oxygen atoms in total. The number of carbonyl (C=O) groups excluding carboxylic acids is 4. The van der Waals surface area contributed by atoms with E-state index in [2.05, 4.69) is 10.6 Å². The Morgan fingerprint density at radius 3 is 2.17 bits per heavy atom. The van der Waals surface area contributed by atoms with Gasteiger partial charge in [0.15, 0.2) is 6.61 Å². The zero-order chi connectivity index (χ0) is 21.7. The molecule has 0 bridgehead atoms. The van der Waals surface area contributed by atoms with Crippen LogP contribution in [0.3, 0.4) is 0 Å². The summed E-state index contributed by atoms with van der Waals surface area (Å²) < 4.78 is 5.29. The van der Waals surface area contributed by atoms with Gasteiger partial charge in [0.2, 0.25) is 5.91 Å². The van der Waals surface area contributed by atoms with Crippen molar-refractivity contribution in [2.75, 3.05) is 19.7 Å². The molecule has 1 fully saturated rings. The van der Waals surface area contributed by atoms with E-state index in [0.29, 0.717) is 25.9 Å². The summed E-state index contributed by atoms with van der Waals surface area (Å²) in [5.74, 6) is -1.27. The Bertz CT molecular complexity index is 762. The number of ether oxygens (including phenoxy) is 1. The topological polar surface area (TPSA) is 105 Å². The summed E-state index contributed by atoms with van der Waals surface area (Å²) in [7, 11) is 0. The Morgan fingerprint density at radius 1 is 1.07 bits per heavy atom. The minimum Gasteiger partial charge on any atom is -0.455 e. The van der Waals surface area contributed by atoms with Gasteiger partial charge in [0, 0.05) is 25.6 Å². The lowest BCUT2D eigenvalue weighted by molar-refractivity contribution is -0.157. The van der Waals surface area contributed by atoms with Crippen molar-refractivity contribution in [1.82, 2.24) is 15.5 Å². The van der Waals surface area contributed by atoms with E-state index in [1.807, 2.05) is 30.3 Å². The Labute approximate surface area is 171 Å². The average Bonchev–Trinajstić information content (AvgIpc) is 2.65. The molecule has 0 atom stereocenters. The second-order valence-corrected chi connectivity index (χ2v) is 8.28. The Kier molecular flexibility index (Phi) is 7.00. The monoisotopic (exact) mass is 403 g/mol. The van der Waals surface area contributed by atoms with Crippen LogP contribution >= 0.6 is 0 Å². The minimum absolute atomic E-state index is 0.0377. The van der Waals surface area contributed by atoms with E-state index in [4.69, 9.17) is 4.74 Å². The van der Waals surface area contributed by atoms with E-state index < -0.39 is 35.5 Å². The van der Waals surface area contributed by atoms with Gasteiger partial charge >= 0.3 is 12.0 Å². The largest absolute Gasteiger partial charge is 0.455 e. The normalized spacial score (nSPS) is 15.9. The van der Waals surface area contributed by atoms with E-state index in [1.54, 1.807) is 25.7 Å². The highest BCUT2D eigenvalue weighted by Gasteiger charge is 2.45. The summed E-state index contributed by atoms with van der Waals surface area (Å²) in [6, 6.07) is 8.58. The third-order valence-corrected chi connectivity index (χ3v) is 4.86. The zero-order valence-corrected chi connectivity index (χ0v) is 17.4. The summed E-state index contributed by atoms with van der Waals surface area (Å²) in [6.45, 7) is 7.16. The molecular weight excluding hydrogens is 374 g/mol. The lowest BCUT2D eigenvalue weighted by atomic mass is 9.72. The smallest absolute Gasteiger partial charge is 0.321 e. The summed E-state index contributed by atoms with van der Waals surface area (Å²) in [5.41, 5.74) is -0.636. The summed E-state index contributed by atoms with van der Waals surface area (Å²) in [4.78, 5) is 50.1. The van der Waals surface area contributed by atoms with Gasteiger partial charge in [-0.15, -0.1) is 0 Å². The number of benzene rings is 1. The van der Waals surface area contributed by atoms with Gasteiger partial charge < -0.3 is 15.0 Å². The fraction of sp³-hybridized carbons (Fsp3) is 0.524. The lowest BCUT2D eigenvalue weighted by Crippen LogP contribution is -2.51. The molecule has 0 saturated carbocycles. The maximum Gasteiger partial charge on any atom is 0.321 e. The molecule has 8 heteroatoms. The number of carbonyl (C=O) groups is 4. The molecule has 1 saturated heterocycles. The number of amides is 4. The van der Waals surface area contributed by atoms with Crippen LogP contribution in [0.4, 0.5) is 4.79 Å². The minimum atomic E-state index is -0.929. The van der Waals surface area contributed by atoms with E-state index in [0.717, 1.165) is 5.56 Å². The third-order valence-electron chi connectivity index (χ3n) is 4.86. The first kappa shape index (κ1) is 22.4. The highest BCUT2D eigenvalue weighted by molar-refractivity contribution is 5.96. The number of likely N-dealkylation sites (tertiary alicyclic amines) is 1. The Balaban J connectivity index is 2.05. The number of hydrogen-bond donors (Lipinski definition) is 2. The standard InChI is InChI=1S/C21H29N3O5/c1-15(25)24-12-10-21(11-13-24,16-8-6-5-7-9-16)18(27)29-14-17(26)22-19(28)23-20(2,3)4/h5-9H,10-14H2,1-4H3,(H2,22,23,26,28). The molecule has 1 aliphatic heterocycles. The molecule has 2 N–H and O–H groups in total. The first-order valence-corrected chi connectivity index (χ1v) is 9.64. The predicted molar refractivity (Wildman–Crippen MR) is 107 cm³/mol. The number of rotatable bonds is 4. The fourth-order valence-corrected chi connectivity index (χ4v) is 3.37. The van der Waals surface area contributed by atoms with Crippen molar-refractivity contribution in [2.24, 2.45) is 0 Å². The van der Waals surface area contributed by atoms with Crippen LogP contribution in [0.2, 0.25) is 0 Å². The van der Waals surface area contributed by atoms with Crippen LogP contribution < -0.4 is 10.6 Å². The fourth-order valence-electron chi connectivity index (χ4n) is 3.37. The van der Waals surface area contributed by atoms with Gasteiger partial charge in [-0.25, -0.2) is 4.79 Å². The first-order chi connectivity index (χ1) is 13.5. The van der Waals surface area contributed by atoms with Crippen LogP contribution in [-0.2, 0) is 24.5 Å². The second kappa shape index (κ2) is 9.07. The number of nitrogens with zero attached hydrogens (tertiary/aromatic N) is 1. The molecule has 0 spiro atoms. The quantitative estimate of drug-likeness (QED) is 0.745. The summed E-state index contributed by atoms with van der Waals surface area (Å²) >= 11 is 0. The number of imide groups is 1. The van der Waals surface area contributed by atoms with Crippen LogP contribution in [0, 0.1) is 0 Å². The van der Waals surface area contributed by atoms with Gasteiger partial charge in [-0.1, -0.05) is 30.3 Å². The molecule has 2 rings (SSSR count). The molecule has 4 amide bonds. The van der Waals surface area contributed by atoms with Crippen LogP contribution in [0.1, 0.15) is 46.1 Å². The molecule has 0 aromatic heterocycles. The summed E-state index contributed by atoms with van der Waals surface area (Å²) in [5, 5.41) is 4.75. The van der Waals surface area contributed by atoms with Crippen molar-refractivity contribution in [2.45, 2.75) is 51.5 Å². The molecule has 158 valence electrons. The van der Waals surface area contributed by atoms with E-state index in [1.165, 1.54) is 6.92 Å². The second-order valence-electron chi connectivity index (χ2n) is 8.28. The SMILES string of the molecule is CC(=O)N1CCC(C(=O)OCC(=O)NC(=O)NC(C)(C)C)(c2ccccc2)CC1. The highest BCUT2D eigenvalue weighted by atomic mass is 16.5. The molecule has 1 aromatic rings. The zero-order valence-electron chi connectivity index (χ0n) is 17.4. The van der Waals surface area contributed by atoms with Crippen LogP contribution in [-0.4, -0.2) is 54.0 Å². The Morgan fingerprint density at radius 2 is 1.66 bits per heavy atom. The number of urea groups is 1. The molecule has 1 aliphatic rings. The van der Waals surface area contributed by atoms with Crippen molar-refractivity contribution in [1.29, 1.82) is 0 Å². The molecule has 0 radical (unpaired) electrons. The van der Waals surface area contributed by atoms with Crippen LogP contribution in [0.5, 0.6) is 0 Å². The van der Waals surface area contributed by atoms with Gasteiger partial charge in [0.1, 0.15) is 0 Å². The molecular formula is C21H29N3O5. The van der Waals surface area contributed by atoms with Crippen molar-refractivity contribution < 1.29 is 23.9 Å². The van der Waals surface area contributed by atoms with Gasteiger partial charge in [0.25, 0.3) is 5.91 Å². The maximum atomic E-state index is 13.0. The highest BCUT2D eigenvalue weighted by Crippen LogP contribution is 2.37. The number of piperidine rings is 1. The van der Waals surface area contributed by atoms with Gasteiger partial charge in [-0.3, -0.25) is 19.7 Å².